The maximum absolute atomic E-state index is 13.3. The average molecular weight is 463 g/mol. The number of hydrogen-bond donors (Lipinski definition) is 2. The number of aliphatic hydroxyl groups is 1. The van der Waals surface area contributed by atoms with Crippen LogP contribution in [0.25, 0.3) is 11.1 Å². The first-order chi connectivity index (χ1) is 16.3. The molecule has 0 saturated carbocycles. The zero-order chi connectivity index (χ0) is 23.9. The summed E-state index contributed by atoms with van der Waals surface area (Å²) >= 11 is 0. The van der Waals surface area contributed by atoms with Gasteiger partial charge in [-0.3, -0.25) is 4.79 Å². The number of anilines is 1. The second kappa shape index (κ2) is 8.38. The minimum atomic E-state index is -1.82. The van der Waals surface area contributed by atoms with Crippen LogP contribution in [-0.2, 0) is 19.9 Å². The lowest BCUT2D eigenvalue weighted by atomic mass is 9.91. The van der Waals surface area contributed by atoms with Crippen molar-refractivity contribution in [2.75, 3.05) is 32.0 Å². The quantitative estimate of drug-likeness (QED) is 0.447. The Kier molecular flexibility index (Phi) is 5.50. The van der Waals surface area contributed by atoms with E-state index in [9.17, 15) is 14.7 Å². The number of fused-ring (bicyclic) bond motifs is 3. The van der Waals surface area contributed by atoms with Gasteiger partial charge < -0.3 is 24.2 Å². The van der Waals surface area contributed by atoms with Crippen LogP contribution in [0.4, 0.5) is 5.82 Å². The summed E-state index contributed by atoms with van der Waals surface area (Å²) in [5.74, 6) is 0.251. The fourth-order valence-electron chi connectivity index (χ4n) is 5.07. The molecule has 1 amide bonds. The average Bonchev–Trinajstić information content (AvgIpc) is 3.35. The first-order valence-electron chi connectivity index (χ1n) is 11.5. The first kappa shape index (κ1) is 22.3. The second-order valence-electron chi connectivity index (χ2n) is 9.50. The summed E-state index contributed by atoms with van der Waals surface area (Å²) < 4.78 is 11.4. The van der Waals surface area contributed by atoms with Crippen LogP contribution < -0.4 is 5.32 Å². The lowest BCUT2D eigenvalue weighted by Gasteiger charge is -2.40. The number of esters is 1. The van der Waals surface area contributed by atoms with Gasteiger partial charge in [-0.2, -0.15) is 0 Å². The summed E-state index contributed by atoms with van der Waals surface area (Å²) in [6, 6.07) is 16.5. The lowest BCUT2D eigenvalue weighted by molar-refractivity contribution is -0.907. The van der Waals surface area contributed by atoms with Crippen LogP contribution in [0.1, 0.15) is 29.7 Å². The van der Waals surface area contributed by atoms with Crippen LogP contribution in [0.5, 0.6) is 0 Å². The highest BCUT2D eigenvalue weighted by Crippen LogP contribution is 2.48. The van der Waals surface area contributed by atoms with Crippen LogP contribution in [0, 0.1) is 6.92 Å². The molecule has 1 aliphatic carbocycles. The molecular formula is C26H28N3O5+. The number of ether oxygens (including phenoxy) is 1. The Bertz CT molecular complexity index is 1200. The zero-order valence-corrected chi connectivity index (χ0v) is 19.3. The van der Waals surface area contributed by atoms with Gasteiger partial charge in [-0.05, 0) is 18.1 Å². The maximum atomic E-state index is 13.3. The van der Waals surface area contributed by atoms with Gasteiger partial charge in [0.25, 0.3) is 5.91 Å². The minimum absolute atomic E-state index is 0.139. The standard InChI is InChI=1S/C26H27N3O5/c1-17-15-23(28-34-17)27-24(30)16-29(2)13-11-18(12-14-29)33-25(31)26(32)21-9-5-3-7-19(21)20-8-4-6-10-22(20)26/h3-10,15,18,32H,11-14,16H2,1-2H3/p+1. The van der Waals surface area contributed by atoms with Gasteiger partial charge in [0, 0.05) is 30.0 Å². The normalized spacial score (nSPS) is 22.5. The molecule has 8 heteroatoms. The molecule has 0 radical (unpaired) electrons. The number of carbonyl (C=O) groups is 2. The van der Waals surface area contributed by atoms with Crippen molar-refractivity contribution < 1.29 is 28.4 Å². The monoisotopic (exact) mass is 462 g/mol. The molecule has 0 spiro atoms. The Labute approximate surface area is 197 Å². The molecule has 5 rings (SSSR count). The molecule has 2 aromatic carbocycles. The SMILES string of the molecule is Cc1cc(NC(=O)C[N+]2(C)CCC(OC(=O)C3(O)c4ccccc4-c4ccccc43)CC2)no1. The van der Waals surface area contributed by atoms with Crippen molar-refractivity contribution in [3.8, 4) is 11.1 Å². The number of nitrogens with zero attached hydrogens (tertiary/aromatic N) is 2. The first-order valence-corrected chi connectivity index (χ1v) is 11.5. The van der Waals surface area contributed by atoms with Crippen molar-refractivity contribution in [1.82, 2.24) is 5.16 Å². The Balaban J connectivity index is 1.24. The number of likely N-dealkylation sites (tertiary alicyclic amines) is 1. The van der Waals surface area contributed by atoms with E-state index < -0.39 is 11.6 Å². The van der Waals surface area contributed by atoms with E-state index in [4.69, 9.17) is 9.26 Å². The van der Waals surface area contributed by atoms with E-state index >= 15 is 0 Å². The van der Waals surface area contributed by atoms with E-state index in [1.807, 2.05) is 43.4 Å². The molecule has 3 aromatic rings. The van der Waals surface area contributed by atoms with Crippen LogP contribution in [0.3, 0.4) is 0 Å². The number of carbonyl (C=O) groups excluding carboxylic acids is 2. The van der Waals surface area contributed by atoms with Crippen molar-refractivity contribution >= 4 is 17.7 Å². The van der Waals surface area contributed by atoms with Crippen molar-refractivity contribution in [3.63, 3.8) is 0 Å². The number of piperidine rings is 1. The zero-order valence-electron chi connectivity index (χ0n) is 19.3. The number of likely N-dealkylation sites (N-methyl/N-ethyl adjacent to an activating group) is 1. The number of benzene rings is 2. The molecule has 0 unspecified atom stereocenters. The molecule has 2 aliphatic rings. The van der Waals surface area contributed by atoms with E-state index in [2.05, 4.69) is 10.5 Å². The fourth-order valence-corrected chi connectivity index (χ4v) is 5.07. The summed E-state index contributed by atoms with van der Waals surface area (Å²) in [7, 11) is 2.02. The third-order valence-corrected chi connectivity index (χ3v) is 6.90. The van der Waals surface area contributed by atoms with E-state index in [1.165, 1.54) is 0 Å². The Hall–Kier alpha value is -3.49. The molecule has 2 heterocycles. The number of aryl methyl sites for hydroxylation is 1. The fraction of sp³-hybridized carbons (Fsp3) is 0.346. The highest BCUT2D eigenvalue weighted by atomic mass is 16.6. The maximum Gasteiger partial charge on any atom is 0.348 e. The van der Waals surface area contributed by atoms with Crippen LogP contribution in [-0.4, -0.2) is 59.4 Å². The van der Waals surface area contributed by atoms with Gasteiger partial charge in [0.05, 0.1) is 20.1 Å². The van der Waals surface area contributed by atoms with Crippen molar-refractivity contribution in [3.05, 3.63) is 71.5 Å². The second-order valence-corrected chi connectivity index (χ2v) is 9.50. The van der Waals surface area contributed by atoms with Gasteiger partial charge in [0.1, 0.15) is 11.9 Å². The van der Waals surface area contributed by atoms with Crippen molar-refractivity contribution in [2.45, 2.75) is 31.5 Å². The van der Waals surface area contributed by atoms with Crippen LogP contribution in [0.15, 0.2) is 59.1 Å². The molecule has 2 N–H and O–H groups in total. The third kappa shape index (κ3) is 3.89. The summed E-state index contributed by atoms with van der Waals surface area (Å²) in [4.78, 5) is 25.8. The van der Waals surface area contributed by atoms with Crippen molar-refractivity contribution in [2.24, 2.45) is 0 Å². The summed E-state index contributed by atoms with van der Waals surface area (Å²) in [6.07, 6.45) is 0.902. The summed E-state index contributed by atoms with van der Waals surface area (Å²) in [5, 5.41) is 18.2. The van der Waals surface area contributed by atoms with Gasteiger partial charge in [-0.15, -0.1) is 0 Å². The molecule has 1 fully saturated rings. The van der Waals surface area contributed by atoms with E-state index in [0.717, 1.165) is 11.1 Å². The van der Waals surface area contributed by atoms with E-state index in [0.29, 0.717) is 53.1 Å². The molecular weight excluding hydrogens is 434 g/mol. The Morgan fingerprint density at radius 2 is 1.71 bits per heavy atom. The molecule has 0 atom stereocenters. The number of nitrogens with one attached hydrogen (secondary N) is 1. The highest BCUT2D eigenvalue weighted by molar-refractivity contribution is 5.96. The predicted molar refractivity (Wildman–Crippen MR) is 125 cm³/mol. The number of aromatic nitrogens is 1. The highest BCUT2D eigenvalue weighted by Gasteiger charge is 2.50. The van der Waals surface area contributed by atoms with E-state index in [1.54, 1.807) is 25.1 Å². The smallest absolute Gasteiger partial charge is 0.348 e. The predicted octanol–water partition coefficient (Wildman–Crippen LogP) is 2.99. The minimum Gasteiger partial charge on any atom is -0.459 e. The molecule has 0 bridgehead atoms. The summed E-state index contributed by atoms with van der Waals surface area (Å²) in [5.41, 5.74) is 0.977. The molecule has 34 heavy (non-hydrogen) atoms. The Morgan fingerprint density at radius 1 is 1.12 bits per heavy atom. The Morgan fingerprint density at radius 3 is 2.26 bits per heavy atom. The largest absolute Gasteiger partial charge is 0.459 e. The van der Waals surface area contributed by atoms with Gasteiger partial charge in [0.2, 0.25) is 5.60 Å². The van der Waals surface area contributed by atoms with Crippen molar-refractivity contribution in [1.29, 1.82) is 0 Å². The van der Waals surface area contributed by atoms with Gasteiger partial charge in [-0.1, -0.05) is 53.7 Å². The molecule has 1 saturated heterocycles. The molecule has 8 nitrogen and oxygen atoms in total. The molecule has 1 aliphatic heterocycles. The lowest BCUT2D eigenvalue weighted by Crippen LogP contribution is -2.55. The van der Waals surface area contributed by atoms with Gasteiger partial charge in [0.15, 0.2) is 12.4 Å². The number of quaternary nitrogens is 1. The van der Waals surface area contributed by atoms with Gasteiger partial charge in [-0.25, -0.2) is 4.79 Å². The molecule has 176 valence electrons. The molecule has 1 aromatic heterocycles. The third-order valence-electron chi connectivity index (χ3n) is 6.90. The topological polar surface area (TPSA) is 102 Å². The van der Waals surface area contributed by atoms with Crippen LogP contribution >= 0.6 is 0 Å². The van der Waals surface area contributed by atoms with Gasteiger partial charge >= 0.3 is 5.97 Å². The summed E-state index contributed by atoms with van der Waals surface area (Å²) in [6.45, 7) is 3.41. The van der Waals surface area contributed by atoms with Crippen LogP contribution in [0.2, 0.25) is 0 Å². The van der Waals surface area contributed by atoms with E-state index in [-0.39, 0.29) is 18.6 Å². The number of amides is 1. The number of hydrogen-bond acceptors (Lipinski definition) is 6. The number of rotatable bonds is 5.